The molecule has 5 nitrogen and oxygen atoms in total. The largest absolute Gasteiger partial charge is 0.392 e. The Kier molecular flexibility index (Phi) is 4.64. The lowest BCUT2D eigenvalue weighted by molar-refractivity contribution is 0.586. The third kappa shape index (κ3) is 3.96. The van der Waals surface area contributed by atoms with Crippen LogP contribution in [0, 0.1) is 0 Å². The Morgan fingerprint density at radius 1 is 1.30 bits per heavy atom. The van der Waals surface area contributed by atoms with Crippen LogP contribution in [0.2, 0.25) is 0 Å². The molecule has 0 unspecified atom stereocenters. The molecule has 3 N–H and O–H groups in total. The zero-order chi connectivity index (χ0) is 14.6. The van der Waals surface area contributed by atoms with Crippen LogP contribution in [0.3, 0.4) is 0 Å². The Balaban J connectivity index is 2.05. The standard InChI is InChI=1S/C13H15N3O2S2/c14-12(19)9-20(17,18)16-8-6-11-4-1-3-10-5-2-7-15-13(10)11/h1-5,7,16H,6,8-9H2,(H2,14,19). The topological polar surface area (TPSA) is 85.1 Å². The molecule has 0 bridgehead atoms. The number of pyridine rings is 1. The second-order valence-corrected chi connectivity index (χ2v) is 6.69. The number of nitrogens with zero attached hydrogens (tertiary/aromatic N) is 1. The van der Waals surface area contributed by atoms with Gasteiger partial charge in [0.15, 0.2) is 0 Å². The molecule has 2 rings (SSSR count). The molecule has 106 valence electrons. The van der Waals surface area contributed by atoms with Crippen molar-refractivity contribution in [3.05, 3.63) is 42.1 Å². The summed E-state index contributed by atoms with van der Waals surface area (Å²) in [5.41, 5.74) is 7.13. The van der Waals surface area contributed by atoms with Gasteiger partial charge in [-0.25, -0.2) is 13.1 Å². The van der Waals surface area contributed by atoms with Crippen molar-refractivity contribution in [1.82, 2.24) is 9.71 Å². The van der Waals surface area contributed by atoms with Crippen LogP contribution in [0.4, 0.5) is 0 Å². The van der Waals surface area contributed by atoms with Crippen LogP contribution in [0.25, 0.3) is 10.9 Å². The molecule has 0 aliphatic heterocycles. The van der Waals surface area contributed by atoms with E-state index in [9.17, 15) is 8.42 Å². The highest BCUT2D eigenvalue weighted by Crippen LogP contribution is 2.15. The van der Waals surface area contributed by atoms with Gasteiger partial charge < -0.3 is 5.73 Å². The molecule has 2 aromatic rings. The zero-order valence-corrected chi connectivity index (χ0v) is 12.4. The zero-order valence-electron chi connectivity index (χ0n) is 10.7. The first-order valence-electron chi connectivity index (χ1n) is 6.06. The monoisotopic (exact) mass is 309 g/mol. The van der Waals surface area contributed by atoms with E-state index in [1.54, 1.807) is 6.20 Å². The highest BCUT2D eigenvalue weighted by Gasteiger charge is 2.11. The number of sulfonamides is 1. The first kappa shape index (κ1) is 14.8. The van der Waals surface area contributed by atoms with Gasteiger partial charge in [-0.1, -0.05) is 36.5 Å². The van der Waals surface area contributed by atoms with Crippen LogP contribution >= 0.6 is 12.2 Å². The molecule has 1 aromatic heterocycles. The maximum absolute atomic E-state index is 11.6. The molecule has 0 radical (unpaired) electrons. The van der Waals surface area contributed by atoms with E-state index in [2.05, 4.69) is 21.9 Å². The summed E-state index contributed by atoms with van der Waals surface area (Å²) in [5, 5.41) is 1.04. The summed E-state index contributed by atoms with van der Waals surface area (Å²) in [6.07, 6.45) is 2.29. The number of para-hydroxylation sites is 1. The molecule has 1 heterocycles. The fourth-order valence-corrected chi connectivity index (χ4v) is 3.30. The van der Waals surface area contributed by atoms with Gasteiger partial charge in [0.2, 0.25) is 10.0 Å². The first-order valence-corrected chi connectivity index (χ1v) is 8.12. The smallest absolute Gasteiger partial charge is 0.218 e. The average molecular weight is 309 g/mol. The fraction of sp³-hybridized carbons (Fsp3) is 0.231. The molecule has 7 heteroatoms. The number of nitrogens with one attached hydrogen (secondary N) is 1. The predicted molar refractivity (Wildman–Crippen MR) is 84.0 cm³/mol. The van der Waals surface area contributed by atoms with Crippen molar-refractivity contribution in [2.24, 2.45) is 5.73 Å². The van der Waals surface area contributed by atoms with E-state index in [1.165, 1.54) is 0 Å². The second-order valence-electron chi connectivity index (χ2n) is 4.36. The normalized spacial score (nSPS) is 11.6. The quantitative estimate of drug-likeness (QED) is 0.777. The summed E-state index contributed by atoms with van der Waals surface area (Å²) < 4.78 is 25.7. The van der Waals surface area contributed by atoms with Crippen molar-refractivity contribution in [3.63, 3.8) is 0 Å². The molecule has 0 saturated carbocycles. The van der Waals surface area contributed by atoms with Gasteiger partial charge in [-0.05, 0) is 18.1 Å². The van der Waals surface area contributed by atoms with Crippen molar-refractivity contribution >= 4 is 38.1 Å². The van der Waals surface area contributed by atoms with Gasteiger partial charge >= 0.3 is 0 Å². The molecule has 0 spiro atoms. The van der Waals surface area contributed by atoms with Gasteiger partial charge in [0.05, 0.1) is 10.5 Å². The molecular weight excluding hydrogens is 294 g/mol. The Hall–Kier alpha value is -1.57. The van der Waals surface area contributed by atoms with E-state index in [4.69, 9.17) is 5.73 Å². The van der Waals surface area contributed by atoms with E-state index >= 15 is 0 Å². The Labute approximate surface area is 123 Å². The lowest BCUT2D eigenvalue weighted by atomic mass is 10.1. The maximum atomic E-state index is 11.6. The lowest BCUT2D eigenvalue weighted by Crippen LogP contribution is -2.33. The van der Waals surface area contributed by atoms with E-state index in [0.717, 1.165) is 16.5 Å². The minimum atomic E-state index is -3.44. The highest BCUT2D eigenvalue weighted by molar-refractivity contribution is 7.92. The molecule has 1 aromatic carbocycles. The Morgan fingerprint density at radius 2 is 2.05 bits per heavy atom. The summed E-state index contributed by atoms with van der Waals surface area (Å²) >= 11 is 4.60. The maximum Gasteiger partial charge on any atom is 0.218 e. The van der Waals surface area contributed by atoms with E-state index in [1.807, 2.05) is 30.3 Å². The van der Waals surface area contributed by atoms with Crippen LogP contribution in [0.5, 0.6) is 0 Å². The second kappa shape index (κ2) is 6.25. The molecule has 0 amide bonds. The third-order valence-electron chi connectivity index (χ3n) is 2.76. The fourth-order valence-electron chi connectivity index (χ4n) is 1.95. The van der Waals surface area contributed by atoms with Gasteiger partial charge in [-0.3, -0.25) is 4.98 Å². The third-order valence-corrected chi connectivity index (χ3v) is 4.43. The summed E-state index contributed by atoms with van der Waals surface area (Å²) in [5.74, 6) is -0.323. The van der Waals surface area contributed by atoms with Gasteiger partial charge in [0.25, 0.3) is 0 Å². The SMILES string of the molecule is NC(=S)CS(=O)(=O)NCCc1cccc2cccnc12. The van der Waals surface area contributed by atoms with E-state index in [0.29, 0.717) is 13.0 Å². The number of aromatic nitrogens is 1. The van der Waals surface area contributed by atoms with Crippen molar-refractivity contribution in [2.75, 3.05) is 12.3 Å². The molecule has 20 heavy (non-hydrogen) atoms. The number of hydrogen-bond acceptors (Lipinski definition) is 4. The van der Waals surface area contributed by atoms with E-state index < -0.39 is 10.0 Å². The highest BCUT2D eigenvalue weighted by atomic mass is 32.2. The summed E-state index contributed by atoms with van der Waals surface area (Å²) in [6, 6.07) is 9.70. The lowest BCUT2D eigenvalue weighted by Gasteiger charge is -2.07. The van der Waals surface area contributed by atoms with Crippen LogP contribution in [-0.2, 0) is 16.4 Å². The van der Waals surface area contributed by atoms with Gasteiger partial charge in [0.1, 0.15) is 5.75 Å². The van der Waals surface area contributed by atoms with Crippen LogP contribution in [-0.4, -0.2) is 30.7 Å². The molecule has 0 fully saturated rings. The van der Waals surface area contributed by atoms with Crippen molar-refractivity contribution in [3.8, 4) is 0 Å². The first-order chi connectivity index (χ1) is 9.48. The Bertz CT molecular complexity index is 724. The molecule has 0 atom stereocenters. The minimum Gasteiger partial charge on any atom is -0.392 e. The number of fused-ring (bicyclic) bond motifs is 1. The molecule has 0 aliphatic carbocycles. The van der Waals surface area contributed by atoms with Gasteiger partial charge in [0, 0.05) is 18.1 Å². The number of benzene rings is 1. The average Bonchev–Trinajstić information content (AvgIpc) is 2.37. The van der Waals surface area contributed by atoms with Crippen LogP contribution in [0.15, 0.2) is 36.5 Å². The minimum absolute atomic E-state index is 0.0377. The van der Waals surface area contributed by atoms with Crippen molar-refractivity contribution < 1.29 is 8.42 Å². The van der Waals surface area contributed by atoms with Gasteiger partial charge in [-0.2, -0.15) is 0 Å². The number of hydrogen-bond donors (Lipinski definition) is 2. The van der Waals surface area contributed by atoms with Gasteiger partial charge in [-0.15, -0.1) is 0 Å². The summed E-state index contributed by atoms with van der Waals surface area (Å²) in [4.78, 5) is 4.29. The van der Waals surface area contributed by atoms with E-state index in [-0.39, 0.29) is 10.7 Å². The molecular formula is C13H15N3O2S2. The Morgan fingerprint density at radius 3 is 2.80 bits per heavy atom. The van der Waals surface area contributed by atoms with Crippen molar-refractivity contribution in [2.45, 2.75) is 6.42 Å². The molecule has 0 aliphatic rings. The number of nitrogens with two attached hydrogens (primary N) is 1. The summed E-state index contributed by atoms with van der Waals surface area (Å²) in [6.45, 7) is 0.292. The summed E-state index contributed by atoms with van der Waals surface area (Å²) in [7, 11) is -3.44. The predicted octanol–water partition coefficient (Wildman–Crippen LogP) is 0.983. The van der Waals surface area contributed by atoms with Crippen LogP contribution < -0.4 is 10.5 Å². The van der Waals surface area contributed by atoms with Crippen LogP contribution in [0.1, 0.15) is 5.56 Å². The number of thiocarbonyl (C=S) groups is 1. The number of rotatable bonds is 6. The molecule has 0 saturated heterocycles. The van der Waals surface area contributed by atoms with Crippen molar-refractivity contribution in [1.29, 1.82) is 0 Å².